The van der Waals surface area contributed by atoms with Crippen LogP contribution in [0.4, 0.5) is 0 Å². The highest BCUT2D eigenvalue weighted by molar-refractivity contribution is 8.76. The Hall–Kier alpha value is 0.660. The zero-order valence-corrected chi connectivity index (χ0v) is 9.85. The summed E-state index contributed by atoms with van der Waals surface area (Å²) in [5.41, 5.74) is 5.38. The first-order valence-corrected chi connectivity index (χ1v) is 7.24. The molecule has 1 atom stereocenters. The Bertz CT molecular complexity index is 88.6. The number of rotatable bonds is 8. The normalized spacial score (nSPS) is 13.2. The standard InChI is InChI=1S/C9H21NS2/c1-3-4-9(2)5-7-11-12-8-6-10/h9H,3-8,10H2,1-2H3. The molecule has 0 saturated heterocycles. The molecule has 0 radical (unpaired) electrons. The molecule has 0 aromatic carbocycles. The van der Waals surface area contributed by atoms with Crippen molar-refractivity contribution in [3.8, 4) is 0 Å². The molecule has 1 nitrogen and oxygen atoms in total. The lowest BCUT2D eigenvalue weighted by molar-refractivity contribution is 0.513. The van der Waals surface area contributed by atoms with Gasteiger partial charge in [-0.3, -0.25) is 0 Å². The molecular formula is C9H21NS2. The van der Waals surface area contributed by atoms with Crippen molar-refractivity contribution in [2.24, 2.45) is 11.7 Å². The number of hydrogen-bond donors (Lipinski definition) is 1. The molecule has 0 aliphatic carbocycles. The van der Waals surface area contributed by atoms with Crippen LogP contribution < -0.4 is 5.73 Å². The van der Waals surface area contributed by atoms with Gasteiger partial charge in [0.2, 0.25) is 0 Å². The van der Waals surface area contributed by atoms with E-state index in [9.17, 15) is 0 Å². The van der Waals surface area contributed by atoms with Crippen molar-refractivity contribution in [3.63, 3.8) is 0 Å². The second-order valence-corrected chi connectivity index (χ2v) is 5.82. The van der Waals surface area contributed by atoms with Gasteiger partial charge in [0, 0.05) is 18.1 Å². The zero-order chi connectivity index (χ0) is 9.23. The number of hydrogen-bond acceptors (Lipinski definition) is 3. The van der Waals surface area contributed by atoms with Gasteiger partial charge >= 0.3 is 0 Å². The van der Waals surface area contributed by atoms with Crippen LogP contribution in [0.15, 0.2) is 0 Å². The molecule has 1 unspecified atom stereocenters. The number of nitrogens with two attached hydrogens (primary N) is 1. The molecule has 0 heterocycles. The molecule has 0 aliphatic heterocycles. The Morgan fingerprint density at radius 2 is 1.83 bits per heavy atom. The van der Waals surface area contributed by atoms with E-state index in [4.69, 9.17) is 5.73 Å². The van der Waals surface area contributed by atoms with Gasteiger partial charge in [0.15, 0.2) is 0 Å². The maximum Gasteiger partial charge on any atom is 0.0160 e. The third kappa shape index (κ3) is 8.75. The van der Waals surface area contributed by atoms with Gasteiger partial charge in [-0.25, -0.2) is 0 Å². The Kier molecular flexibility index (Phi) is 10.3. The Morgan fingerprint density at radius 3 is 2.42 bits per heavy atom. The first kappa shape index (κ1) is 12.7. The first-order valence-electron chi connectivity index (χ1n) is 4.75. The first-order chi connectivity index (χ1) is 5.81. The van der Waals surface area contributed by atoms with Crippen molar-refractivity contribution in [2.45, 2.75) is 33.1 Å². The van der Waals surface area contributed by atoms with E-state index in [-0.39, 0.29) is 0 Å². The fourth-order valence-electron chi connectivity index (χ4n) is 1.05. The molecule has 0 aromatic rings. The maximum atomic E-state index is 5.38. The fourth-order valence-corrected chi connectivity index (χ4v) is 3.17. The summed E-state index contributed by atoms with van der Waals surface area (Å²) >= 11 is 0. The molecule has 3 heteroatoms. The lowest BCUT2D eigenvalue weighted by Crippen LogP contribution is -2.00. The highest BCUT2D eigenvalue weighted by Gasteiger charge is 1.99. The Balaban J connectivity index is 2.97. The van der Waals surface area contributed by atoms with Crippen LogP contribution in [0.3, 0.4) is 0 Å². The summed E-state index contributed by atoms with van der Waals surface area (Å²) in [7, 11) is 3.87. The smallest absolute Gasteiger partial charge is 0.0160 e. The molecule has 0 aliphatic rings. The summed E-state index contributed by atoms with van der Waals surface area (Å²) in [4.78, 5) is 0. The minimum Gasteiger partial charge on any atom is -0.330 e. The van der Waals surface area contributed by atoms with E-state index in [1.807, 2.05) is 21.6 Å². The maximum absolute atomic E-state index is 5.38. The van der Waals surface area contributed by atoms with E-state index in [2.05, 4.69) is 13.8 Å². The van der Waals surface area contributed by atoms with Gasteiger partial charge < -0.3 is 5.73 Å². The molecule has 2 N–H and O–H groups in total. The molecule has 0 rings (SSSR count). The summed E-state index contributed by atoms with van der Waals surface area (Å²) in [6.07, 6.45) is 4.06. The molecular weight excluding hydrogens is 186 g/mol. The Labute approximate surface area is 84.6 Å². The molecule has 74 valence electrons. The third-order valence-electron chi connectivity index (χ3n) is 1.76. The van der Waals surface area contributed by atoms with E-state index in [0.717, 1.165) is 18.2 Å². The summed E-state index contributed by atoms with van der Waals surface area (Å²) in [5.74, 6) is 3.28. The van der Waals surface area contributed by atoms with E-state index in [1.54, 1.807) is 0 Å². The van der Waals surface area contributed by atoms with E-state index in [0.29, 0.717) is 0 Å². The van der Waals surface area contributed by atoms with Gasteiger partial charge in [0.1, 0.15) is 0 Å². The lowest BCUT2D eigenvalue weighted by Gasteiger charge is -2.08. The molecule has 0 aromatic heterocycles. The van der Waals surface area contributed by atoms with Crippen LogP contribution in [-0.2, 0) is 0 Å². The topological polar surface area (TPSA) is 26.0 Å². The lowest BCUT2D eigenvalue weighted by atomic mass is 10.0. The minimum absolute atomic E-state index is 0.808. The van der Waals surface area contributed by atoms with E-state index in [1.165, 1.54) is 25.0 Å². The van der Waals surface area contributed by atoms with Crippen LogP contribution in [0.25, 0.3) is 0 Å². The van der Waals surface area contributed by atoms with Crippen LogP contribution in [0.2, 0.25) is 0 Å². The average molecular weight is 207 g/mol. The largest absolute Gasteiger partial charge is 0.330 e. The van der Waals surface area contributed by atoms with E-state index >= 15 is 0 Å². The fraction of sp³-hybridized carbons (Fsp3) is 1.00. The molecule has 0 bridgehead atoms. The predicted molar refractivity (Wildman–Crippen MR) is 62.7 cm³/mol. The zero-order valence-electron chi connectivity index (χ0n) is 8.21. The SMILES string of the molecule is CCCC(C)CCSSCCN. The molecule has 0 spiro atoms. The van der Waals surface area contributed by atoms with Crippen molar-refractivity contribution < 1.29 is 0 Å². The van der Waals surface area contributed by atoms with Crippen LogP contribution in [0.1, 0.15) is 33.1 Å². The van der Waals surface area contributed by atoms with Crippen LogP contribution in [-0.4, -0.2) is 18.1 Å². The third-order valence-corrected chi connectivity index (χ3v) is 4.23. The summed E-state index contributed by atoms with van der Waals surface area (Å²) in [5, 5.41) is 0. The van der Waals surface area contributed by atoms with Crippen LogP contribution in [0, 0.1) is 5.92 Å². The van der Waals surface area contributed by atoms with Crippen molar-refractivity contribution >= 4 is 21.6 Å². The Morgan fingerprint density at radius 1 is 1.17 bits per heavy atom. The van der Waals surface area contributed by atoms with Crippen molar-refractivity contribution in [3.05, 3.63) is 0 Å². The van der Waals surface area contributed by atoms with Gasteiger partial charge in [0.25, 0.3) is 0 Å². The second-order valence-electron chi connectivity index (χ2n) is 3.12. The molecule has 0 fully saturated rings. The van der Waals surface area contributed by atoms with Gasteiger partial charge in [-0.1, -0.05) is 48.3 Å². The quantitative estimate of drug-likeness (QED) is 0.489. The van der Waals surface area contributed by atoms with Crippen LogP contribution >= 0.6 is 21.6 Å². The van der Waals surface area contributed by atoms with E-state index < -0.39 is 0 Å². The van der Waals surface area contributed by atoms with Crippen molar-refractivity contribution in [1.29, 1.82) is 0 Å². The molecule has 0 amide bonds. The summed E-state index contributed by atoms with van der Waals surface area (Å²) < 4.78 is 0. The summed E-state index contributed by atoms with van der Waals surface area (Å²) in [6, 6.07) is 0. The molecule has 12 heavy (non-hydrogen) atoms. The highest BCUT2D eigenvalue weighted by Crippen LogP contribution is 2.23. The highest BCUT2D eigenvalue weighted by atomic mass is 33.1. The van der Waals surface area contributed by atoms with Crippen LogP contribution in [0.5, 0.6) is 0 Å². The van der Waals surface area contributed by atoms with Gasteiger partial charge in [0.05, 0.1) is 0 Å². The van der Waals surface area contributed by atoms with Gasteiger partial charge in [-0.05, 0) is 12.3 Å². The second kappa shape index (κ2) is 9.75. The predicted octanol–water partition coefficient (Wildman–Crippen LogP) is 3.15. The van der Waals surface area contributed by atoms with Crippen molar-refractivity contribution in [1.82, 2.24) is 0 Å². The van der Waals surface area contributed by atoms with Crippen molar-refractivity contribution in [2.75, 3.05) is 18.1 Å². The van der Waals surface area contributed by atoms with Gasteiger partial charge in [-0.15, -0.1) is 0 Å². The minimum atomic E-state index is 0.808. The molecule has 0 saturated carbocycles. The monoisotopic (exact) mass is 207 g/mol. The van der Waals surface area contributed by atoms with Gasteiger partial charge in [-0.2, -0.15) is 0 Å². The average Bonchev–Trinajstić information content (AvgIpc) is 2.05. The summed E-state index contributed by atoms with van der Waals surface area (Å²) in [6.45, 7) is 5.41.